The van der Waals surface area contributed by atoms with Crippen molar-refractivity contribution in [2.24, 2.45) is 0 Å². The van der Waals surface area contributed by atoms with Crippen molar-refractivity contribution >= 4 is 23.2 Å². The highest BCUT2D eigenvalue weighted by Gasteiger charge is 2.27. The summed E-state index contributed by atoms with van der Waals surface area (Å²) in [7, 11) is 1.59. The minimum atomic E-state index is -1.06. The van der Waals surface area contributed by atoms with E-state index < -0.39 is 29.1 Å². The number of ether oxygens (including phenoxy) is 1. The molecule has 1 N–H and O–H groups in total. The SMILES string of the molecule is COc1ccc(N2CCN(C(=O)C(=O)Nc3c(F)cccc3F)CC2)cc1. The molecule has 2 amide bonds. The Bertz CT molecular complexity index is 814. The first-order valence-electron chi connectivity index (χ1n) is 8.43. The molecule has 6 nitrogen and oxygen atoms in total. The van der Waals surface area contributed by atoms with Crippen LogP contribution < -0.4 is 15.0 Å². The first-order valence-corrected chi connectivity index (χ1v) is 8.43. The average molecular weight is 375 g/mol. The molecule has 8 heteroatoms. The Balaban J connectivity index is 1.58. The highest BCUT2D eigenvalue weighted by molar-refractivity contribution is 6.39. The second kappa shape index (κ2) is 8.03. The van der Waals surface area contributed by atoms with Crippen LogP contribution in [0.15, 0.2) is 42.5 Å². The molecule has 3 rings (SSSR count). The van der Waals surface area contributed by atoms with Crippen molar-refractivity contribution < 1.29 is 23.1 Å². The van der Waals surface area contributed by atoms with Gasteiger partial charge in [-0.1, -0.05) is 6.07 Å². The van der Waals surface area contributed by atoms with Crippen LogP contribution in [0.25, 0.3) is 0 Å². The van der Waals surface area contributed by atoms with E-state index in [4.69, 9.17) is 4.74 Å². The molecule has 0 aliphatic carbocycles. The number of anilines is 2. The van der Waals surface area contributed by atoms with Gasteiger partial charge in [-0.2, -0.15) is 0 Å². The topological polar surface area (TPSA) is 61.9 Å². The normalized spacial score (nSPS) is 14.0. The first kappa shape index (κ1) is 18.6. The van der Waals surface area contributed by atoms with Gasteiger partial charge in [0.25, 0.3) is 0 Å². The van der Waals surface area contributed by atoms with Gasteiger partial charge in [-0.05, 0) is 36.4 Å². The largest absolute Gasteiger partial charge is 0.497 e. The van der Waals surface area contributed by atoms with E-state index in [0.29, 0.717) is 26.2 Å². The van der Waals surface area contributed by atoms with Gasteiger partial charge in [-0.3, -0.25) is 9.59 Å². The Kier molecular flexibility index (Phi) is 5.54. The van der Waals surface area contributed by atoms with Crippen molar-refractivity contribution in [1.29, 1.82) is 0 Å². The predicted molar refractivity (Wildman–Crippen MR) is 96.8 cm³/mol. The summed E-state index contributed by atoms with van der Waals surface area (Å²) in [5.41, 5.74) is 0.369. The number of carbonyl (C=O) groups is 2. The Hall–Kier alpha value is -3.16. The number of nitrogens with zero attached hydrogens (tertiary/aromatic N) is 2. The number of hydrogen-bond donors (Lipinski definition) is 1. The molecule has 0 spiro atoms. The van der Waals surface area contributed by atoms with Crippen molar-refractivity contribution in [2.45, 2.75) is 0 Å². The van der Waals surface area contributed by atoms with E-state index in [1.165, 1.54) is 11.0 Å². The summed E-state index contributed by atoms with van der Waals surface area (Å²) in [6, 6.07) is 10.7. The van der Waals surface area contributed by atoms with Gasteiger partial charge in [-0.25, -0.2) is 8.78 Å². The van der Waals surface area contributed by atoms with Crippen molar-refractivity contribution in [3.8, 4) is 5.75 Å². The molecule has 1 saturated heterocycles. The number of benzene rings is 2. The number of nitrogens with one attached hydrogen (secondary N) is 1. The van der Waals surface area contributed by atoms with Gasteiger partial charge in [0, 0.05) is 31.9 Å². The van der Waals surface area contributed by atoms with Crippen LogP contribution in [0.4, 0.5) is 20.2 Å². The number of hydrogen-bond acceptors (Lipinski definition) is 4. The number of carbonyl (C=O) groups excluding carboxylic acids is 2. The number of rotatable bonds is 3. The van der Waals surface area contributed by atoms with Crippen LogP contribution in [0.1, 0.15) is 0 Å². The summed E-state index contributed by atoms with van der Waals surface area (Å²) in [6.07, 6.45) is 0. The summed E-state index contributed by atoms with van der Waals surface area (Å²) in [6.45, 7) is 1.74. The summed E-state index contributed by atoms with van der Waals surface area (Å²) < 4.78 is 32.4. The van der Waals surface area contributed by atoms with Gasteiger partial charge in [-0.15, -0.1) is 0 Å². The molecule has 0 atom stereocenters. The molecule has 27 heavy (non-hydrogen) atoms. The molecule has 1 fully saturated rings. The molecule has 0 bridgehead atoms. The van der Waals surface area contributed by atoms with Gasteiger partial charge in [0.2, 0.25) is 0 Å². The van der Waals surface area contributed by atoms with E-state index in [0.717, 1.165) is 23.6 Å². The third-order valence-corrected chi connectivity index (χ3v) is 4.40. The van der Waals surface area contributed by atoms with E-state index in [1.54, 1.807) is 7.11 Å². The maximum atomic E-state index is 13.6. The highest BCUT2D eigenvalue weighted by Crippen LogP contribution is 2.21. The molecule has 1 aliphatic rings. The van der Waals surface area contributed by atoms with E-state index in [9.17, 15) is 18.4 Å². The van der Waals surface area contributed by atoms with Crippen LogP contribution in [0.2, 0.25) is 0 Å². The molecule has 142 valence electrons. The maximum Gasteiger partial charge on any atom is 0.314 e. The summed E-state index contributed by atoms with van der Waals surface area (Å²) in [4.78, 5) is 27.8. The molecular formula is C19H19F2N3O3. The second-order valence-electron chi connectivity index (χ2n) is 6.03. The molecule has 0 unspecified atom stereocenters. The van der Waals surface area contributed by atoms with Crippen LogP contribution in [0.5, 0.6) is 5.75 Å². The molecule has 1 heterocycles. The van der Waals surface area contributed by atoms with E-state index in [2.05, 4.69) is 4.90 Å². The zero-order chi connectivity index (χ0) is 19.4. The fourth-order valence-corrected chi connectivity index (χ4v) is 2.89. The van der Waals surface area contributed by atoms with Gasteiger partial charge in [0.1, 0.15) is 23.1 Å². The predicted octanol–water partition coefficient (Wildman–Crippen LogP) is 2.26. The van der Waals surface area contributed by atoms with Gasteiger partial charge in [0.15, 0.2) is 0 Å². The molecular weight excluding hydrogens is 356 g/mol. The lowest BCUT2D eigenvalue weighted by Gasteiger charge is -2.35. The fraction of sp³-hybridized carbons (Fsp3) is 0.263. The fourth-order valence-electron chi connectivity index (χ4n) is 2.89. The number of halogens is 2. The zero-order valence-corrected chi connectivity index (χ0v) is 14.7. The van der Waals surface area contributed by atoms with Gasteiger partial charge >= 0.3 is 11.8 Å². The molecule has 0 radical (unpaired) electrons. The lowest BCUT2D eigenvalue weighted by atomic mass is 10.2. The molecule has 2 aromatic carbocycles. The van der Waals surface area contributed by atoms with Crippen LogP contribution in [-0.2, 0) is 9.59 Å². The summed E-state index contributed by atoms with van der Waals surface area (Å²) >= 11 is 0. The van der Waals surface area contributed by atoms with Crippen LogP contribution in [0, 0.1) is 11.6 Å². The minimum Gasteiger partial charge on any atom is -0.497 e. The Morgan fingerprint density at radius 2 is 1.56 bits per heavy atom. The molecule has 1 aliphatic heterocycles. The highest BCUT2D eigenvalue weighted by atomic mass is 19.1. The molecule has 2 aromatic rings. The van der Waals surface area contributed by atoms with E-state index in [-0.39, 0.29) is 0 Å². The third-order valence-electron chi connectivity index (χ3n) is 4.40. The number of piperazine rings is 1. The number of amides is 2. The summed E-state index contributed by atoms with van der Waals surface area (Å²) in [5.74, 6) is -2.98. The lowest BCUT2D eigenvalue weighted by molar-refractivity contribution is -0.143. The molecule has 0 saturated carbocycles. The Morgan fingerprint density at radius 3 is 2.11 bits per heavy atom. The maximum absolute atomic E-state index is 13.6. The van der Waals surface area contributed by atoms with E-state index in [1.807, 2.05) is 29.6 Å². The standard InChI is InChI=1S/C19H19F2N3O3/c1-27-14-7-5-13(6-8-14)23-9-11-24(12-10-23)19(26)18(25)22-17-15(20)3-2-4-16(17)21/h2-8H,9-12H2,1H3,(H,22,25). The van der Waals surface area contributed by atoms with Gasteiger partial charge in [0.05, 0.1) is 7.11 Å². The van der Waals surface area contributed by atoms with Crippen molar-refractivity contribution in [1.82, 2.24) is 4.90 Å². The molecule has 0 aromatic heterocycles. The van der Waals surface area contributed by atoms with E-state index >= 15 is 0 Å². The van der Waals surface area contributed by atoms with Crippen LogP contribution in [-0.4, -0.2) is 50.0 Å². The second-order valence-corrected chi connectivity index (χ2v) is 6.03. The van der Waals surface area contributed by atoms with Crippen LogP contribution >= 0.6 is 0 Å². The quantitative estimate of drug-likeness (QED) is 0.836. The monoisotopic (exact) mass is 375 g/mol. The summed E-state index contributed by atoms with van der Waals surface area (Å²) in [5, 5.41) is 2.02. The first-order chi connectivity index (χ1) is 13.0. The van der Waals surface area contributed by atoms with Crippen molar-refractivity contribution in [3.05, 3.63) is 54.1 Å². The number of methoxy groups -OCH3 is 1. The Morgan fingerprint density at radius 1 is 0.963 bits per heavy atom. The minimum absolute atomic E-state index is 0.331. The Labute approximate surface area is 155 Å². The lowest BCUT2D eigenvalue weighted by Crippen LogP contribution is -2.51. The zero-order valence-electron chi connectivity index (χ0n) is 14.7. The van der Waals surface area contributed by atoms with Crippen LogP contribution in [0.3, 0.4) is 0 Å². The average Bonchev–Trinajstić information content (AvgIpc) is 2.70. The third kappa shape index (κ3) is 4.16. The van der Waals surface area contributed by atoms with Crippen molar-refractivity contribution in [2.75, 3.05) is 43.5 Å². The van der Waals surface area contributed by atoms with Gasteiger partial charge < -0.3 is 19.9 Å². The smallest absolute Gasteiger partial charge is 0.314 e. The van der Waals surface area contributed by atoms with Crippen molar-refractivity contribution in [3.63, 3.8) is 0 Å². The number of para-hydroxylation sites is 1.